The van der Waals surface area contributed by atoms with Crippen molar-refractivity contribution in [3.05, 3.63) is 28.4 Å². The Morgan fingerprint density at radius 1 is 1.36 bits per heavy atom. The van der Waals surface area contributed by atoms with Crippen LogP contribution in [0.25, 0.3) is 0 Å². The zero-order chi connectivity index (χ0) is 17.8. The molecule has 1 aliphatic heterocycles. The van der Waals surface area contributed by atoms with Gasteiger partial charge in [-0.15, -0.1) is 21.5 Å². The van der Waals surface area contributed by atoms with Gasteiger partial charge in [0.2, 0.25) is 0 Å². The third kappa shape index (κ3) is 4.52. The van der Waals surface area contributed by atoms with Crippen molar-refractivity contribution in [1.82, 2.24) is 20.1 Å². The van der Waals surface area contributed by atoms with Crippen molar-refractivity contribution in [1.29, 1.82) is 0 Å². The fourth-order valence-corrected chi connectivity index (χ4v) is 3.79. The van der Waals surface area contributed by atoms with Crippen molar-refractivity contribution < 1.29 is 9.53 Å². The fraction of sp³-hybridized carbons (Fsp3) is 0.529. The average molecular weight is 361 g/mol. The van der Waals surface area contributed by atoms with E-state index in [2.05, 4.69) is 37.1 Å². The Kier molecular flexibility index (Phi) is 5.60. The van der Waals surface area contributed by atoms with Gasteiger partial charge in [0.1, 0.15) is 0 Å². The summed E-state index contributed by atoms with van der Waals surface area (Å²) in [6.07, 6.45) is 2.54. The van der Waals surface area contributed by atoms with Gasteiger partial charge in [-0.2, -0.15) is 0 Å². The number of aromatic nitrogens is 3. The number of aryl methyl sites for hydroxylation is 1. The first-order valence-corrected chi connectivity index (χ1v) is 9.24. The molecule has 3 heterocycles. The number of likely N-dealkylation sites (tertiary alicyclic amines) is 1. The molecule has 0 saturated carbocycles. The zero-order valence-corrected chi connectivity index (χ0v) is 15.6. The molecule has 0 atom stereocenters. The summed E-state index contributed by atoms with van der Waals surface area (Å²) in [5.74, 6) is 0.893. The van der Waals surface area contributed by atoms with Crippen molar-refractivity contribution in [2.24, 2.45) is 5.92 Å². The highest BCUT2D eigenvalue weighted by atomic mass is 32.1. The molecule has 3 rings (SSSR count). The number of esters is 1. The molecular formula is C17H23N5O2S. The summed E-state index contributed by atoms with van der Waals surface area (Å²) in [6.45, 7) is 7.62. The smallest absolute Gasteiger partial charge is 0.358 e. The van der Waals surface area contributed by atoms with Gasteiger partial charge in [0.15, 0.2) is 16.6 Å². The third-order valence-corrected chi connectivity index (χ3v) is 5.49. The Bertz CT molecular complexity index is 723. The lowest BCUT2D eigenvalue weighted by molar-refractivity contribution is 0.0593. The minimum atomic E-state index is -0.498. The summed E-state index contributed by atoms with van der Waals surface area (Å²) < 4.78 is 4.62. The first-order valence-electron chi connectivity index (χ1n) is 8.43. The van der Waals surface area contributed by atoms with Crippen molar-refractivity contribution in [2.75, 3.05) is 25.5 Å². The van der Waals surface area contributed by atoms with Gasteiger partial charge in [0, 0.05) is 11.4 Å². The zero-order valence-electron chi connectivity index (χ0n) is 14.8. The van der Waals surface area contributed by atoms with Crippen LogP contribution in [0.4, 0.5) is 10.9 Å². The Morgan fingerprint density at radius 3 is 2.76 bits per heavy atom. The van der Waals surface area contributed by atoms with E-state index in [0.717, 1.165) is 36.4 Å². The first-order chi connectivity index (χ1) is 12.0. The molecule has 8 heteroatoms. The van der Waals surface area contributed by atoms with Crippen molar-refractivity contribution >= 4 is 28.3 Å². The van der Waals surface area contributed by atoms with Gasteiger partial charge in [0.25, 0.3) is 0 Å². The Balaban J connectivity index is 1.63. The number of ether oxygens (including phenoxy) is 1. The molecule has 0 amide bonds. The second-order valence-electron chi connectivity index (χ2n) is 6.41. The van der Waals surface area contributed by atoms with Crippen molar-refractivity contribution in [2.45, 2.75) is 33.2 Å². The van der Waals surface area contributed by atoms with Crippen LogP contribution < -0.4 is 5.32 Å². The molecule has 0 aliphatic carbocycles. The van der Waals surface area contributed by atoms with Crippen molar-refractivity contribution in [3.8, 4) is 0 Å². The summed E-state index contributed by atoms with van der Waals surface area (Å²) in [6, 6.07) is 3.28. The van der Waals surface area contributed by atoms with E-state index in [0.29, 0.717) is 5.82 Å². The van der Waals surface area contributed by atoms with E-state index in [-0.39, 0.29) is 5.69 Å². The second kappa shape index (κ2) is 7.88. The molecule has 1 aliphatic rings. The van der Waals surface area contributed by atoms with E-state index in [9.17, 15) is 4.79 Å². The van der Waals surface area contributed by atoms with Gasteiger partial charge < -0.3 is 10.1 Å². The highest BCUT2D eigenvalue weighted by Gasteiger charge is 2.18. The van der Waals surface area contributed by atoms with Crippen LogP contribution in [-0.2, 0) is 11.3 Å². The molecule has 1 saturated heterocycles. The van der Waals surface area contributed by atoms with E-state index in [1.54, 1.807) is 23.5 Å². The monoisotopic (exact) mass is 361 g/mol. The minimum Gasteiger partial charge on any atom is -0.464 e. The normalized spacial score (nSPS) is 16.0. The van der Waals surface area contributed by atoms with Gasteiger partial charge in [-0.3, -0.25) is 4.90 Å². The summed E-state index contributed by atoms with van der Waals surface area (Å²) in [4.78, 5) is 19.7. The lowest BCUT2D eigenvalue weighted by Gasteiger charge is -2.29. The van der Waals surface area contributed by atoms with Crippen LogP contribution in [0, 0.1) is 12.8 Å². The molecule has 0 unspecified atom stereocenters. The number of hydrogen-bond donors (Lipinski definition) is 1. The van der Waals surface area contributed by atoms with E-state index in [1.165, 1.54) is 24.8 Å². The maximum atomic E-state index is 11.4. The van der Waals surface area contributed by atoms with E-state index in [4.69, 9.17) is 0 Å². The largest absolute Gasteiger partial charge is 0.464 e. The number of piperidine rings is 1. The molecule has 2 aromatic heterocycles. The number of anilines is 2. The average Bonchev–Trinajstić information content (AvgIpc) is 2.96. The molecule has 1 fully saturated rings. The molecule has 134 valence electrons. The number of hydrogen-bond acceptors (Lipinski definition) is 8. The molecular weight excluding hydrogens is 338 g/mol. The third-order valence-electron chi connectivity index (χ3n) is 4.43. The van der Waals surface area contributed by atoms with Crippen LogP contribution in [0.2, 0.25) is 0 Å². The highest BCUT2D eigenvalue weighted by molar-refractivity contribution is 7.15. The topological polar surface area (TPSA) is 80.2 Å². The quantitative estimate of drug-likeness (QED) is 0.820. The number of nitrogens with one attached hydrogen (secondary N) is 1. The Morgan fingerprint density at radius 2 is 2.12 bits per heavy atom. The van der Waals surface area contributed by atoms with Crippen LogP contribution in [-0.4, -0.2) is 46.2 Å². The van der Waals surface area contributed by atoms with Crippen LogP contribution in [0.5, 0.6) is 0 Å². The molecule has 2 aromatic rings. The van der Waals surface area contributed by atoms with Gasteiger partial charge >= 0.3 is 5.97 Å². The van der Waals surface area contributed by atoms with Gasteiger partial charge in [0.05, 0.1) is 12.8 Å². The summed E-state index contributed by atoms with van der Waals surface area (Å²) in [7, 11) is 1.32. The number of methoxy groups -OCH3 is 1. The fourth-order valence-electron chi connectivity index (χ4n) is 2.77. The molecule has 7 nitrogen and oxygen atoms in total. The molecule has 25 heavy (non-hydrogen) atoms. The second-order valence-corrected chi connectivity index (χ2v) is 7.49. The molecule has 0 bridgehead atoms. The van der Waals surface area contributed by atoms with Crippen LogP contribution >= 0.6 is 11.3 Å². The summed E-state index contributed by atoms with van der Waals surface area (Å²) >= 11 is 1.64. The number of rotatable bonds is 5. The van der Waals surface area contributed by atoms with Gasteiger partial charge in [-0.05, 0) is 50.9 Å². The van der Waals surface area contributed by atoms with Crippen LogP contribution in [0.1, 0.15) is 40.8 Å². The van der Waals surface area contributed by atoms with Gasteiger partial charge in [-0.1, -0.05) is 6.92 Å². The summed E-state index contributed by atoms with van der Waals surface area (Å²) in [5, 5.41) is 11.8. The maximum absolute atomic E-state index is 11.4. The maximum Gasteiger partial charge on any atom is 0.358 e. The SMILES string of the molecule is COC(=O)c1ccc(Nc2nc(C)c(CN3CCC(C)CC3)s2)nn1. The molecule has 0 aromatic carbocycles. The van der Waals surface area contributed by atoms with Crippen LogP contribution in [0.15, 0.2) is 12.1 Å². The minimum absolute atomic E-state index is 0.184. The summed E-state index contributed by atoms with van der Waals surface area (Å²) in [5.41, 5.74) is 1.23. The predicted molar refractivity (Wildman–Crippen MR) is 97.2 cm³/mol. The van der Waals surface area contributed by atoms with E-state index >= 15 is 0 Å². The lowest BCUT2D eigenvalue weighted by Crippen LogP contribution is -2.32. The van der Waals surface area contributed by atoms with Crippen molar-refractivity contribution in [3.63, 3.8) is 0 Å². The number of carbonyl (C=O) groups excluding carboxylic acids is 1. The number of thiazole rings is 1. The lowest BCUT2D eigenvalue weighted by atomic mass is 9.99. The molecule has 1 N–H and O–H groups in total. The predicted octanol–water partition coefficient (Wildman–Crippen LogP) is 3.00. The number of nitrogens with zero attached hydrogens (tertiary/aromatic N) is 4. The Hall–Kier alpha value is -2.06. The number of carbonyl (C=O) groups is 1. The Labute approximate surface area is 151 Å². The van der Waals surface area contributed by atoms with E-state index < -0.39 is 5.97 Å². The first kappa shape index (κ1) is 17.8. The van der Waals surface area contributed by atoms with Gasteiger partial charge in [-0.25, -0.2) is 9.78 Å². The highest BCUT2D eigenvalue weighted by Crippen LogP contribution is 2.27. The van der Waals surface area contributed by atoms with Crippen LogP contribution in [0.3, 0.4) is 0 Å². The standard InChI is InChI=1S/C17H23N5O2S/c1-11-6-8-22(9-7-11)10-14-12(2)18-17(25-14)19-15-5-4-13(20-21-15)16(23)24-3/h4-5,11H,6-10H2,1-3H3,(H,18,19,21). The molecule has 0 spiro atoms. The molecule has 0 radical (unpaired) electrons. The van der Waals surface area contributed by atoms with E-state index in [1.807, 2.05) is 6.92 Å².